The van der Waals surface area contributed by atoms with Gasteiger partial charge in [0, 0.05) is 11.8 Å². The Hall–Kier alpha value is -12.2. The van der Waals surface area contributed by atoms with Crippen LogP contribution in [-0.4, -0.2) is 0 Å². The van der Waals surface area contributed by atoms with E-state index in [4.69, 9.17) is 0 Å². The number of hydrogen-bond acceptors (Lipinski definition) is 0. The van der Waals surface area contributed by atoms with Gasteiger partial charge in [-0.25, -0.2) is 0 Å². The molecule has 6 aliphatic carbocycles. The van der Waals surface area contributed by atoms with Crippen LogP contribution in [0.1, 0.15) is 59.1 Å². The highest BCUT2D eigenvalue weighted by molar-refractivity contribution is 6.27. The molecule has 0 saturated heterocycles. The van der Waals surface area contributed by atoms with Crippen LogP contribution in [0.4, 0.5) is 0 Å². The number of fused-ring (bicyclic) bond motifs is 9. The highest BCUT2D eigenvalue weighted by atomic mass is 14.5. The molecule has 100 heavy (non-hydrogen) atoms. The van der Waals surface area contributed by atoms with E-state index < -0.39 is 0 Å². The van der Waals surface area contributed by atoms with E-state index in [1.165, 1.54) is 199 Å². The first-order valence-corrected chi connectivity index (χ1v) is 35.6. The lowest BCUT2D eigenvalue weighted by Crippen LogP contribution is -2.18. The van der Waals surface area contributed by atoms with E-state index in [0.29, 0.717) is 0 Å². The lowest BCUT2D eigenvalue weighted by Gasteiger charge is -2.31. The summed E-state index contributed by atoms with van der Waals surface area (Å²) in [5, 5.41) is 7.51. The molecule has 20 rings (SSSR count). The third kappa shape index (κ3) is 9.28. The van der Waals surface area contributed by atoms with Gasteiger partial charge in [0.1, 0.15) is 0 Å². The molecular weight excluding hydrogens is 1200 g/mol. The minimum Gasteiger partial charge on any atom is -0.0842 e. The lowest BCUT2D eigenvalue weighted by atomic mass is 9.71. The Morgan fingerprint density at radius 2 is 0.540 bits per heavy atom. The molecule has 14 aromatic carbocycles. The fourth-order valence-corrected chi connectivity index (χ4v) is 18.0. The van der Waals surface area contributed by atoms with Crippen molar-refractivity contribution in [3.05, 3.63) is 385 Å². The van der Waals surface area contributed by atoms with Crippen molar-refractivity contribution >= 4 is 65.8 Å². The molecule has 468 valence electrons. The van der Waals surface area contributed by atoms with Crippen molar-refractivity contribution in [1.29, 1.82) is 0 Å². The fourth-order valence-electron chi connectivity index (χ4n) is 18.0. The maximum atomic E-state index is 2.61. The molecule has 0 fully saturated rings. The van der Waals surface area contributed by atoms with E-state index in [1.807, 2.05) is 0 Å². The van der Waals surface area contributed by atoms with Crippen LogP contribution in [0.5, 0.6) is 0 Å². The van der Waals surface area contributed by atoms with Gasteiger partial charge in [0.05, 0.1) is 0 Å². The smallest absolute Gasteiger partial charge is 0.0212 e. The topological polar surface area (TPSA) is 0 Å². The molecule has 0 aliphatic heterocycles. The third-order valence-corrected chi connectivity index (χ3v) is 22.4. The Morgan fingerprint density at radius 3 is 0.980 bits per heavy atom. The van der Waals surface area contributed by atoms with E-state index >= 15 is 0 Å². The van der Waals surface area contributed by atoms with Crippen molar-refractivity contribution < 1.29 is 0 Å². The lowest BCUT2D eigenvalue weighted by molar-refractivity contribution is 0.759. The summed E-state index contributed by atoms with van der Waals surface area (Å²) in [7, 11) is 0. The van der Waals surface area contributed by atoms with E-state index in [2.05, 4.69) is 352 Å². The maximum Gasteiger partial charge on any atom is 0.0212 e. The fraction of sp³-hybridized carbons (Fsp3) is 0.0600. The van der Waals surface area contributed by atoms with Crippen LogP contribution >= 0.6 is 0 Å². The summed E-state index contributed by atoms with van der Waals surface area (Å²) in [5.74, 6) is -0.0583. The van der Waals surface area contributed by atoms with Crippen LogP contribution in [0, 0.1) is 11.8 Å². The van der Waals surface area contributed by atoms with E-state index in [1.54, 1.807) is 0 Å². The third-order valence-electron chi connectivity index (χ3n) is 22.4. The van der Waals surface area contributed by atoms with Crippen LogP contribution in [0.25, 0.3) is 166 Å². The van der Waals surface area contributed by atoms with Crippen LogP contribution in [0.3, 0.4) is 0 Å². The Morgan fingerprint density at radius 1 is 0.200 bits per heavy atom. The van der Waals surface area contributed by atoms with Gasteiger partial charge in [0.15, 0.2) is 0 Å². The zero-order chi connectivity index (χ0) is 65.8. The highest BCUT2D eigenvalue weighted by Crippen LogP contribution is 2.70. The van der Waals surface area contributed by atoms with Crippen LogP contribution < -0.4 is 0 Å². The van der Waals surface area contributed by atoms with Crippen molar-refractivity contribution in [1.82, 2.24) is 0 Å². The van der Waals surface area contributed by atoms with Gasteiger partial charge in [-0.3, -0.25) is 0 Å². The van der Waals surface area contributed by atoms with Gasteiger partial charge in [-0.05, 0) is 255 Å². The maximum absolute atomic E-state index is 2.61. The number of benzene rings is 14. The zero-order valence-electron chi connectivity index (χ0n) is 55.5. The second kappa shape index (κ2) is 23.8. The highest BCUT2D eigenvalue weighted by Gasteiger charge is 2.51. The van der Waals surface area contributed by atoms with Crippen LogP contribution in [0.2, 0.25) is 0 Å². The van der Waals surface area contributed by atoms with E-state index in [0.717, 1.165) is 25.7 Å². The van der Waals surface area contributed by atoms with Gasteiger partial charge in [-0.2, -0.15) is 0 Å². The molecule has 2 unspecified atom stereocenters. The van der Waals surface area contributed by atoms with Crippen LogP contribution in [0.15, 0.2) is 352 Å². The van der Waals surface area contributed by atoms with Gasteiger partial charge in [0.25, 0.3) is 0 Å². The Labute approximate surface area is 585 Å². The van der Waals surface area contributed by atoms with Crippen molar-refractivity contribution in [2.45, 2.75) is 25.7 Å². The molecule has 14 aromatic rings. The summed E-state index contributed by atoms with van der Waals surface area (Å²) in [6.07, 6.45) is 28.4. The normalized spacial score (nSPS) is 16.1. The quantitative estimate of drug-likeness (QED) is 0.113. The number of hydrogen-bond donors (Lipinski definition) is 0. The Bertz CT molecular complexity index is 6020. The minimum absolute atomic E-state index is 0.0275. The summed E-state index contributed by atoms with van der Waals surface area (Å²) in [5.41, 5.74) is 38.5. The zero-order valence-corrected chi connectivity index (χ0v) is 55.5. The van der Waals surface area contributed by atoms with E-state index in [-0.39, 0.29) is 11.8 Å². The molecule has 0 saturated carbocycles. The second-order valence-corrected chi connectivity index (χ2v) is 27.7. The summed E-state index contributed by atoms with van der Waals surface area (Å²) in [6.45, 7) is 0. The largest absolute Gasteiger partial charge is 0.0842 e. The minimum atomic E-state index is -0.0308. The average molecular weight is 1270 g/mol. The summed E-state index contributed by atoms with van der Waals surface area (Å²) in [4.78, 5) is 0. The molecule has 0 amide bonds. The Kier molecular flexibility index (Phi) is 13.8. The van der Waals surface area contributed by atoms with Gasteiger partial charge >= 0.3 is 0 Å². The molecule has 0 bridgehead atoms. The first-order chi connectivity index (χ1) is 49.7. The standard InChI is InChI=1S/C100H68/c1-8-28-63(29-9-1)72-48-51-77(68-38-18-6-19-39-68)86(60-72)93-81-53-50-74(65-32-12-3-13-33-65)62-88(81)91(79-46-26-24-44-75(79)66-34-14-4-15-35-66)97-82-56-57-85-95-83(54-55-84(94(82)95)99(93)97)98-92(80-47-27-25-45-76(80)67-36-16-5-17-37-67)89-58-70-42-22-23-43-71(70)59-90(89)96(100(85)98)87-61-73(64-30-10-2-11-31-64)49-52-78(87)69-40-20-7-21-41-69/h1-12,14,16-32,34,36-62,94-95H,13,15,33,35H2. The molecule has 0 nitrogen and oxygen atoms in total. The average Bonchev–Trinajstić information content (AvgIpc) is 1.50. The first-order valence-electron chi connectivity index (χ1n) is 35.6. The molecule has 0 heterocycles. The first kappa shape index (κ1) is 58.0. The summed E-state index contributed by atoms with van der Waals surface area (Å²) in [6, 6.07) is 110. The molecule has 0 N–H and O–H groups in total. The number of rotatable bonds is 11. The van der Waals surface area contributed by atoms with Crippen molar-refractivity contribution in [2.24, 2.45) is 11.8 Å². The molecule has 2 atom stereocenters. The molecule has 0 spiro atoms. The number of allylic oxidation sites excluding steroid dienone is 16. The molecule has 0 radical (unpaired) electrons. The molecule has 0 aromatic heterocycles. The molecule has 6 aliphatic rings. The predicted molar refractivity (Wildman–Crippen MR) is 426 cm³/mol. The van der Waals surface area contributed by atoms with Crippen molar-refractivity contribution in [3.8, 4) is 100 Å². The summed E-state index contributed by atoms with van der Waals surface area (Å²) >= 11 is 0. The van der Waals surface area contributed by atoms with Crippen molar-refractivity contribution in [2.75, 3.05) is 0 Å². The van der Waals surface area contributed by atoms with Gasteiger partial charge in [0.2, 0.25) is 0 Å². The van der Waals surface area contributed by atoms with E-state index in [9.17, 15) is 0 Å². The SMILES string of the molecule is C1=CCCC(c2ccc3c(-c4cc(-c5ccccc5)ccc4-c4ccccc4)c4c(c(-c5ccccc5C5=CC=CCC5)c3c2)C2=CC=C3c5c(c(-c6ccccc6-c6ccccc6)c6cc7ccccc7cc6c5-c5cc(-c6ccccc6)ccc5-c5ccccc5)C5=CC=C4C2C53)=C1. The Balaban J connectivity index is 0.953. The van der Waals surface area contributed by atoms with Crippen molar-refractivity contribution in [3.63, 3.8) is 0 Å². The van der Waals surface area contributed by atoms with Gasteiger partial charge in [-0.1, -0.05) is 322 Å². The molecular formula is C100H68. The summed E-state index contributed by atoms with van der Waals surface area (Å²) < 4.78 is 0. The van der Waals surface area contributed by atoms with Crippen LogP contribution in [-0.2, 0) is 0 Å². The monoisotopic (exact) mass is 1270 g/mol. The predicted octanol–water partition coefficient (Wildman–Crippen LogP) is 27.1. The van der Waals surface area contributed by atoms with Gasteiger partial charge in [-0.15, -0.1) is 0 Å². The second-order valence-electron chi connectivity index (χ2n) is 27.7. The van der Waals surface area contributed by atoms with Gasteiger partial charge < -0.3 is 0 Å². The molecule has 0 heteroatoms.